The maximum atomic E-state index is 9.91. The zero-order valence-corrected chi connectivity index (χ0v) is 9.93. The van der Waals surface area contributed by atoms with Crippen LogP contribution in [0.15, 0.2) is 12.1 Å². The van der Waals surface area contributed by atoms with E-state index in [0.29, 0.717) is 22.9 Å². The first-order valence-corrected chi connectivity index (χ1v) is 5.15. The number of rotatable bonds is 4. The monoisotopic (exact) mass is 229 g/mol. The van der Waals surface area contributed by atoms with Gasteiger partial charge in [0.1, 0.15) is 5.75 Å². The molecule has 2 N–H and O–H groups in total. The zero-order valence-electron chi connectivity index (χ0n) is 9.17. The van der Waals surface area contributed by atoms with Gasteiger partial charge >= 0.3 is 0 Å². The van der Waals surface area contributed by atoms with Gasteiger partial charge in [0.15, 0.2) is 0 Å². The van der Waals surface area contributed by atoms with Gasteiger partial charge in [-0.05, 0) is 25.6 Å². The van der Waals surface area contributed by atoms with Crippen molar-refractivity contribution in [1.82, 2.24) is 5.32 Å². The summed E-state index contributed by atoms with van der Waals surface area (Å²) in [7, 11) is 3.35. The normalized spacial score (nSPS) is 12.6. The predicted octanol–water partition coefficient (Wildman–Crippen LogP) is 1.91. The van der Waals surface area contributed by atoms with Crippen LogP contribution in [0, 0.1) is 6.92 Å². The summed E-state index contributed by atoms with van der Waals surface area (Å²) >= 11 is 6.04. The highest BCUT2D eigenvalue weighted by atomic mass is 35.5. The summed E-state index contributed by atoms with van der Waals surface area (Å²) < 4.78 is 5.25. The molecule has 0 fully saturated rings. The minimum absolute atomic E-state index is 0.444. The van der Waals surface area contributed by atoms with Crippen molar-refractivity contribution in [2.45, 2.75) is 13.0 Å². The molecule has 1 aromatic rings. The topological polar surface area (TPSA) is 41.5 Å². The van der Waals surface area contributed by atoms with Gasteiger partial charge in [0.05, 0.1) is 18.2 Å². The molecule has 0 saturated carbocycles. The third kappa shape index (κ3) is 2.62. The Balaban J connectivity index is 3.18. The zero-order chi connectivity index (χ0) is 11.4. The molecule has 0 aliphatic heterocycles. The van der Waals surface area contributed by atoms with E-state index < -0.39 is 6.10 Å². The number of aliphatic hydroxyl groups is 1. The molecular weight excluding hydrogens is 214 g/mol. The van der Waals surface area contributed by atoms with E-state index in [1.165, 1.54) is 0 Å². The van der Waals surface area contributed by atoms with E-state index in [2.05, 4.69) is 5.32 Å². The molecule has 0 radical (unpaired) electrons. The summed E-state index contributed by atoms with van der Waals surface area (Å²) in [5.74, 6) is 0.658. The first-order chi connectivity index (χ1) is 7.11. The fraction of sp³-hybridized carbons (Fsp3) is 0.455. The summed E-state index contributed by atoms with van der Waals surface area (Å²) in [6.45, 7) is 2.37. The van der Waals surface area contributed by atoms with Crippen molar-refractivity contribution >= 4 is 11.6 Å². The molecule has 0 heterocycles. The van der Waals surface area contributed by atoms with E-state index in [1.54, 1.807) is 20.2 Å². The number of methoxy groups -OCH3 is 1. The quantitative estimate of drug-likeness (QED) is 0.829. The number of likely N-dealkylation sites (N-methyl/N-ethyl adjacent to an activating group) is 1. The lowest BCUT2D eigenvalue weighted by molar-refractivity contribution is 0.173. The van der Waals surface area contributed by atoms with Crippen LogP contribution >= 0.6 is 11.6 Å². The van der Waals surface area contributed by atoms with Gasteiger partial charge in [0, 0.05) is 12.1 Å². The molecule has 0 aliphatic carbocycles. The Labute approximate surface area is 95.0 Å². The molecule has 0 amide bonds. The third-order valence-electron chi connectivity index (χ3n) is 2.27. The molecule has 1 atom stereocenters. The van der Waals surface area contributed by atoms with Crippen LogP contribution in [0.3, 0.4) is 0 Å². The van der Waals surface area contributed by atoms with E-state index in [9.17, 15) is 5.11 Å². The van der Waals surface area contributed by atoms with Crippen LogP contribution in [-0.2, 0) is 0 Å². The van der Waals surface area contributed by atoms with E-state index >= 15 is 0 Å². The number of hydrogen-bond donors (Lipinski definition) is 2. The number of aryl methyl sites for hydroxylation is 1. The third-order valence-corrected chi connectivity index (χ3v) is 2.60. The van der Waals surface area contributed by atoms with E-state index in [0.717, 1.165) is 5.56 Å². The Morgan fingerprint density at radius 3 is 2.73 bits per heavy atom. The lowest BCUT2D eigenvalue weighted by Crippen LogP contribution is -2.17. The Bertz CT molecular complexity index is 342. The Hall–Kier alpha value is -0.770. The van der Waals surface area contributed by atoms with Gasteiger partial charge in [-0.2, -0.15) is 0 Å². The van der Waals surface area contributed by atoms with Gasteiger partial charge in [-0.15, -0.1) is 0 Å². The summed E-state index contributed by atoms with van der Waals surface area (Å²) in [4.78, 5) is 0. The molecule has 0 aliphatic rings. The Kier molecular flexibility index (Phi) is 4.39. The first-order valence-electron chi connectivity index (χ1n) is 4.77. The highest BCUT2D eigenvalue weighted by Crippen LogP contribution is 2.34. The smallest absolute Gasteiger partial charge is 0.129 e. The highest BCUT2D eigenvalue weighted by molar-refractivity contribution is 6.31. The summed E-state index contributed by atoms with van der Waals surface area (Å²) in [6, 6.07) is 3.64. The fourth-order valence-corrected chi connectivity index (χ4v) is 1.84. The van der Waals surface area contributed by atoms with Crippen molar-refractivity contribution in [3.05, 3.63) is 28.3 Å². The van der Waals surface area contributed by atoms with Crippen LogP contribution in [0.1, 0.15) is 17.2 Å². The average Bonchev–Trinajstić information content (AvgIpc) is 2.21. The van der Waals surface area contributed by atoms with E-state index in [-0.39, 0.29) is 0 Å². The van der Waals surface area contributed by atoms with Crippen LogP contribution in [0.2, 0.25) is 5.02 Å². The predicted molar refractivity (Wildman–Crippen MR) is 61.6 cm³/mol. The Morgan fingerprint density at radius 2 is 2.20 bits per heavy atom. The van der Waals surface area contributed by atoms with Crippen molar-refractivity contribution in [3.8, 4) is 5.75 Å². The van der Waals surface area contributed by atoms with Crippen molar-refractivity contribution in [2.24, 2.45) is 0 Å². The molecule has 1 unspecified atom stereocenters. The van der Waals surface area contributed by atoms with Gasteiger partial charge in [-0.3, -0.25) is 0 Å². The molecule has 0 aromatic heterocycles. The van der Waals surface area contributed by atoms with Crippen LogP contribution in [-0.4, -0.2) is 25.8 Å². The number of ether oxygens (including phenoxy) is 1. The lowest BCUT2D eigenvalue weighted by Gasteiger charge is -2.17. The van der Waals surface area contributed by atoms with Crippen LogP contribution in [0.25, 0.3) is 0 Å². The minimum Gasteiger partial charge on any atom is -0.496 e. The molecule has 0 bridgehead atoms. The largest absolute Gasteiger partial charge is 0.496 e. The first kappa shape index (κ1) is 12.3. The number of aliphatic hydroxyl groups excluding tert-OH is 1. The molecule has 0 saturated heterocycles. The molecule has 0 spiro atoms. The summed E-state index contributed by atoms with van der Waals surface area (Å²) in [6.07, 6.45) is -0.655. The maximum absolute atomic E-state index is 9.91. The second-order valence-corrected chi connectivity index (χ2v) is 3.79. The van der Waals surface area contributed by atoms with Crippen molar-refractivity contribution in [2.75, 3.05) is 20.7 Å². The van der Waals surface area contributed by atoms with Crippen molar-refractivity contribution in [3.63, 3.8) is 0 Å². The lowest BCUT2D eigenvalue weighted by atomic mass is 10.0. The second-order valence-electron chi connectivity index (χ2n) is 3.38. The fourth-order valence-electron chi connectivity index (χ4n) is 1.56. The van der Waals surface area contributed by atoms with Gasteiger partial charge < -0.3 is 15.2 Å². The second kappa shape index (κ2) is 5.35. The molecule has 1 rings (SSSR count). The highest BCUT2D eigenvalue weighted by Gasteiger charge is 2.18. The van der Waals surface area contributed by atoms with Crippen LogP contribution in [0.5, 0.6) is 5.75 Å². The van der Waals surface area contributed by atoms with Gasteiger partial charge in [0.25, 0.3) is 0 Å². The molecule has 84 valence electrons. The minimum atomic E-state index is -0.655. The molecule has 3 nitrogen and oxygen atoms in total. The van der Waals surface area contributed by atoms with Gasteiger partial charge in [-0.25, -0.2) is 0 Å². The number of halogens is 1. The van der Waals surface area contributed by atoms with Crippen LogP contribution < -0.4 is 10.1 Å². The SMILES string of the molecule is CNCC(O)c1c(Cl)ccc(C)c1OC. The molecular formula is C11H16ClNO2. The number of hydrogen-bond acceptors (Lipinski definition) is 3. The number of nitrogens with one attached hydrogen (secondary N) is 1. The van der Waals surface area contributed by atoms with Gasteiger partial charge in [-0.1, -0.05) is 17.7 Å². The molecule has 15 heavy (non-hydrogen) atoms. The summed E-state index contributed by atoms with van der Waals surface area (Å²) in [5.41, 5.74) is 1.61. The molecule has 1 aromatic carbocycles. The molecule has 4 heteroatoms. The standard InChI is InChI=1S/C11H16ClNO2/c1-7-4-5-8(12)10(11(7)15-3)9(14)6-13-2/h4-5,9,13-14H,6H2,1-3H3. The van der Waals surface area contributed by atoms with E-state index in [1.807, 2.05) is 13.0 Å². The van der Waals surface area contributed by atoms with Crippen molar-refractivity contribution < 1.29 is 9.84 Å². The Morgan fingerprint density at radius 1 is 1.53 bits per heavy atom. The van der Waals surface area contributed by atoms with Crippen LogP contribution in [0.4, 0.5) is 0 Å². The maximum Gasteiger partial charge on any atom is 0.129 e. The summed E-state index contributed by atoms with van der Waals surface area (Å²) in [5, 5.41) is 13.3. The number of benzene rings is 1. The van der Waals surface area contributed by atoms with Gasteiger partial charge in [0.2, 0.25) is 0 Å². The van der Waals surface area contributed by atoms with Crippen molar-refractivity contribution in [1.29, 1.82) is 0 Å². The average molecular weight is 230 g/mol. The van der Waals surface area contributed by atoms with E-state index in [4.69, 9.17) is 16.3 Å².